The first-order valence-electron chi connectivity index (χ1n) is 7.54. The number of hydrogen-bond acceptors (Lipinski definition) is 3. The predicted octanol–water partition coefficient (Wildman–Crippen LogP) is 2.91. The fourth-order valence-corrected chi connectivity index (χ4v) is 2.82. The van der Waals surface area contributed by atoms with Crippen molar-refractivity contribution in [3.63, 3.8) is 0 Å². The predicted molar refractivity (Wildman–Crippen MR) is 75.9 cm³/mol. The van der Waals surface area contributed by atoms with E-state index < -0.39 is 5.60 Å². The van der Waals surface area contributed by atoms with Gasteiger partial charge in [-0.15, -0.1) is 0 Å². The van der Waals surface area contributed by atoms with Gasteiger partial charge in [0.25, 0.3) is 0 Å². The van der Waals surface area contributed by atoms with E-state index in [9.17, 15) is 4.79 Å². The van der Waals surface area contributed by atoms with Crippen LogP contribution in [0.1, 0.15) is 59.3 Å². The summed E-state index contributed by atoms with van der Waals surface area (Å²) in [5.41, 5.74) is 5.93. The number of ether oxygens (including phenoxy) is 1. The molecule has 1 aliphatic carbocycles. The van der Waals surface area contributed by atoms with Gasteiger partial charge in [-0.3, -0.25) is 0 Å². The summed E-state index contributed by atoms with van der Waals surface area (Å²) in [5, 5.41) is 0. The maximum absolute atomic E-state index is 12.0. The van der Waals surface area contributed by atoms with Gasteiger partial charge in [-0.25, -0.2) is 4.79 Å². The number of amides is 1. The Morgan fingerprint density at radius 2 is 2.00 bits per heavy atom. The fourth-order valence-electron chi connectivity index (χ4n) is 2.82. The van der Waals surface area contributed by atoms with Crippen LogP contribution in [0.25, 0.3) is 0 Å². The lowest BCUT2D eigenvalue weighted by atomic mass is 9.92. The molecule has 2 rings (SSSR count). The number of nitrogens with zero attached hydrogens (tertiary/aromatic N) is 1. The number of nitrogens with two attached hydrogens (primary N) is 1. The average Bonchev–Trinajstić information content (AvgIpc) is 3.01. The van der Waals surface area contributed by atoms with Gasteiger partial charge in [0.15, 0.2) is 0 Å². The standard InChI is InChI=1S/C15H28N2O2/c1-14(2,3)19-13(18)17-9-4-5-12(6-10-17)11-15(16)7-8-15/h12H,4-11,16H2,1-3H3. The van der Waals surface area contributed by atoms with E-state index in [1.165, 1.54) is 19.3 Å². The second kappa shape index (κ2) is 5.31. The molecule has 0 aromatic carbocycles. The smallest absolute Gasteiger partial charge is 0.410 e. The van der Waals surface area contributed by atoms with E-state index in [2.05, 4.69) is 0 Å². The van der Waals surface area contributed by atoms with Gasteiger partial charge in [-0.05, 0) is 65.2 Å². The summed E-state index contributed by atoms with van der Waals surface area (Å²) in [7, 11) is 0. The van der Waals surface area contributed by atoms with Crippen molar-refractivity contribution in [2.75, 3.05) is 13.1 Å². The first kappa shape index (κ1) is 14.6. The zero-order valence-corrected chi connectivity index (χ0v) is 12.6. The van der Waals surface area contributed by atoms with Gasteiger partial charge in [0.2, 0.25) is 0 Å². The van der Waals surface area contributed by atoms with Gasteiger partial charge < -0.3 is 15.4 Å². The number of likely N-dealkylation sites (tertiary alicyclic amines) is 1. The van der Waals surface area contributed by atoms with Crippen LogP contribution in [0.15, 0.2) is 0 Å². The van der Waals surface area contributed by atoms with Crippen molar-refractivity contribution in [2.45, 2.75) is 70.4 Å². The molecule has 2 fully saturated rings. The molecule has 0 aromatic heterocycles. The Labute approximate surface area is 116 Å². The van der Waals surface area contributed by atoms with Gasteiger partial charge in [-0.1, -0.05) is 0 Å². The third kappa shape index (κ3) is 4.68. The van der Waals surface area contributed by atoms with Crippen molar-refractivity contribution in [1.29, 1.82) is 0 Å². The molecular formula is C15H28N2O2. The lowest BCUT2D eigenvalue weighted by Gasteiger charge is -2.26. The molecule has 1 saturated carbocycles. The summed E-state index contributed by atoms with van der Waals surface area (Å²) in [6.45, 7) is 7.38. The summed E-state index contributed by atoms with van der Waals surface area (Å²) < 4.78 is 5.44. The second-order valence-electron chi connectivity index (χ2n) is 7.33. The fraction of sp³-hybridized carbons (Fsp3) is 0.933. The van der Waals surface area contributed by atoms with Crippen LogP contribution >= 0.6 is 0 Å². The molecule has 1 amide bonds. The van der Waals surface area contributed by atoms with Gasteiger partial charge >= 0.3 is 6.09 Å². The third-order valence-electron chi connectivity index (χ3n) is 4.09. The summed E-state index contributed by atoms with van der Waals surface area (Å²) in [6, 6.07) is 0. The molecule has 0 aromatic rings. The van der Waals surface area contributed by atoms with Gasteiger partial charge in [0, 0.05) is 18.6 Å². The minimum absolute atomic E-state index is 0.131. The molecule has 0 radical (unpaired) electrons. The Balaban J connectivity index is 1.81. The van der Waals surface area contributed by atoms with Crippen LogP contribution in [-0.2, 0) is 4.74 Å². The zero-order valence-electron chi connectivity index (χ0n) is 12.6. The SMILES string of the molecule is CC(C)(C)OC(=O)N1CCCC(CC2(N)CC2)CC1. The summed E-state index contributed by atoms with van der Waals surface area (Å²) in [6.07, 6.45) is 6.66. The number of rotatable bonds is 2. The van der Waals surface area contributed by atoms with Crippen LogP contribution in [0.3, 0.4) is 0 Å². The minimum Gasteiger partial charge on any atom is -0.444 e. The molecule has 1 saturated heterocycles. The third-order valence-corrected chi connectivity index (χ3v) is 4.09. The van der Waals surface area contributed by atoms with Crippen molar-refractivity contribution >= 4 is 6.09 Å². The molecule has 4 heteroatoms. The Morgan fingerprint density at radius 3 is 2.58 bits per heavy atom. The van der Waals surface area contributed by atoms with Crippen molar-refractivity contribution in [2.24, 2.45) is 11.7 Å². The molecular weight excluding hydrogens is 240 g/mol. The van der Waals surface area contributed by atoms with Crippen molar-refractivity contribution in [1.82, 2.24) is 4.90 Å². The number of hydrogen-bond donors (Lipinski definition) is 1. The molecule has 0 spiro atoms. The van der Waals surface area contributed by atoms with Crippen LogP contribution in [0.5, 0.6) is 0 Å². The molecule has 110 valence electrons. The highest BCUT2D eigenvalue weighted by Crippen LogP contribution is 2.40. The van der Waals surface area contributed by atoms with Crippen molar-refractivity contribution in [3.8, 4) is 0 Å². The highest BCUT2D eigenvalue weighted by molar-refractivity contribution is 5.68. The lowest BCUT2D eigenvalue weighted by Crippen LogP contribution is -2.37. The Morgan fingerprint density at radius 1 is 1.32 bits per heavy atom. The topological polar surface area (TPSA) is 55.6 Å². The van der Waals surface area contributed by atoms with Crippen LogP contribution in [-0.4, -0.2) is 35.2 Å². The summed E-state index contributed by atoms with van der Waals surface area (Å²) in [5.74, 6) is 0.680. The maximum Gasteiger partial charge on any atom is 0.410 e. The Hall–Kier alpha value is -0.770. The van der Waals surface area contributed by atoms with Crippen LogP contribution in [0.2, 0.25) is 0 Å². The minimum atomic E-state index is -0.405. The molecule has 1 atom stereocenters. The first-order valence-corrected chi connectivity index (χ1v) is 7.54. The second-order valence-corrected chi connectivity index (χ2v) is 7.33. The normalized spacial score (nSPS) is 26.7. The van der Waals surface area contributed by atoms with E-state index in [1.807, 2.05) is 25.7 Å². The zero-order chi connectivity index (χ0) is 14.1. The molecule has 4 nitrogen and oxygen atoms in total. The molecule has 2 N–H and O–H groups in total. The molecule has 1 unspecified atom stereocenters. The summed E-state index contributed by atoms with van der Waals surface area (Å²) >= 11 is 0. The van der Waals surface area contributed by atoms with E-state index in [4.69, 9.17) is 10.5 Å². The van der Waals surface area contributed by atoms with Crippen LogP contribution < -0.4 is 5.73 Å². The first-order chi connectivity index (χ1) is 8.77. The molecule has 19 heavy (non-hydrogen) atoms. The van der Waals surface area contributed by atoms with Crippen LogP contribution in [0, 0.1) is 5.92 Å². The van der Waals surface area contributed by atoms with Crippen molar-refractivity contribution < 1.29 is 9.53 Å². The van der Waals surface area contributed by atoms with E-state index in [0.29, 0.717) is 5.92 Å². The van der Waals surface area contributed by atoms with Gasteiger partial charge in [0.1, 0.15) is 5.60 Å². The molecule has 1 aliphatic heterocycles. The van der Waals surface area contributed by atoms with E-state index in [1.54, 1.807) is 0 Å². The lowest BCUT2D eigenvalue weighted by molar-refractivity contribution is 0.0255. The monoisotopic (exact) mass is 268 g/mol. The highest BCUT2D eigenvalue weighted by Gasteiger charge is 2.40. The number of carbonyl (C=O) groups excluding carboxylic acids is 1. The van der Waals surface area contributed by atoms with E-state index >= 15 is 0 Å². The number of carbonyl (C=O) groups is 1. The largest absolute Gasteiger partial charge is 0.444 e. The summed E-state index contributed by atoms with van der Waals surface area (Å²) in [4.78, 5) is 13.9. The molecule has 0 bridgehead atoms. The van der Waals surface area contributed by atoms with Crippen molar-refractivity contribution in [3.05, 3.63) is 0 Å². The van der Waals surface area contributed by atoms with E-state index in [0.717, 1.165) is 32.4 Å². The molecule has 2 aliphatic rings. The molecule has 1 heterocycles. The maximum atomic E-state index is 12.0. The Kier molecular flexibility index (Phi) is 4.09. The van der Waals surface area contributed by atoms with Gasteiger partial charge in [-0.2, -0.15) is 0 Å². The Bertz CT molecular complexity index is 332. The highest BCUT2D eigenvalue weighted by atomic mass is 16.6. The van der Waals surface area contributed by atoms with Gasteiger partial charge in [0.05, 0.1) is 0 Å². The quantitative estimate of drug-likeness (QED) is 0.837. The van der Waals surface area contributed by atoms with E-state index in [-0.39, 0.29) is 11.6 Å². The average molecular weight is 268 g/mol. The van der Waals surface area contributed by atoms with Crippen LogP contribution in [0.4, 0.5) is 4.79 Å².